The van der Waals surface area contributed by atoms with Crippen molar-refractivity contribution in [2.45, 2.75) is 12.5 Å². The molecule has 4 amide bonds. The first-order chi connectivity index (χ1) is 13.2. The third kappa shape index (κ3) is 6.84. The molecule has 0 saturated carbocycles. The molecule has 0 aromatic heterocycles. The number of amides is 4. The number of nitrogens with zero attached hydrogens (tertiary/aromatic N) is 2. The molecule has 1 aromatic rings. The Hall–Kier alpha value is -3.20. The van der Waals surface area contributed by atoms with Crippen molar-refractivity contribution in [1.82, 2.24) is 15.1 Å². The van der Waals surface area contributed by atoms with E-state index < -0.39 is 29.7 Å². The zero-order chi connectivity index (χ0) is 21.3. The molecule has 28 heavy (non-hydrogen) atoms. The molecule has 0 aliphatic heterocycles. The van der Waals surface area contributed by atoms with Gasteiger partial charge in [0.2, 0.25) is 11.8 Å². The Labute approximate surface area is 164 Å². The Balaban J connectivity index is 2.63. The molecule has 9 nitrogen and oxygen atoms in total. The molecule has 9 heteroatoms. The van der Waals surface area contributed by atoms with E-state index in [-0.39, 0.29) is 18.8 Å². The molecule has 3 N–H and O–H groups in total. The Morgan fingerprint density at radius 3 is 2.32 bits per heavy atom. The van der Waals surface area contributed by atoms with Crippen molar-refractivity contribution < 1.29 is 23.9 Å². The first-order valence-corrected chi connectivity index (χ1v) is 8.51. The van der Waals surface area contributed by atoms with E-state index in [1.165, 1.54) is 21.2 Å². The average Bonchev–Trinajstić information content (AvgIpc) is 2.68. The van der Waals surface area contributed by atoms with Crippen molar-refractivity contribution >= 4 is 23.6 Å². The zero-order valence-corrected chi connectivity index (χ0v) is 16.3. The number of nitrogens with two attached hydrogens (primary N) is 1. The standard InChI is InChI=1S/C19H26N4O5/c1-13(18(26)21-11-17(25)22(2)12-16(20)24)23(3)19(27)15(28-4)10-14-8-6-5-7-9-14/h5-9,15H,1,10-12H2,2-4H3,(H2,20,24)(H,21,26)/t15-/m1/s1. The number of hydrogen-bond donors (Lipinski definition) is 2. The molecule has 0 aliphatic rings. The van der Waals surface area contributed by atoms with Crippen LogP contribution in [0.3, 0.4) is 0 Å². The van der Waals surface area contributed by atoms with Gasteiger partial charge in [-0.3, -0.25) is 19.2 Å². The van der Waals surface area contributed by atoms with Gasteiger partial charge in [-0.1, -0.05) is 36.9 Å². The third-order valence-corrected chi connectivity index (χ3v) is 4.04. The van der Waals surface area contributed by atoms with E-state index >= 15 is 0 Å². The molecule has 0 aliphatic carbocycles. The number of nitrogens with one attached hydrogen (secondary N) is 1. The number of benzene rings is 1. The van der Waals surface area contributed by atoms with E-state index in [1.54, 1.807) is 0 Å². The molecular formula is C19H26N4O5. The van der Waals surface area contributed by atoms with Gasteiger partial charge in [-0.2, -0.15) is 0 Å². The predicted octanol–water partition coefficient (Wildman–Crippen LogP) is -0.724. The Bertz CT molecular complexity index is 735. The van der Waals surface area contributed by atoms with E-state index in [1.807, 2.05) is 30.3 Å². The van der Waals surface area contributed by atoms with Crippen molar-refractivity contribution in [3.05, 3.63) is 48.2 Å². The minimum Gasteiger partial charge on any atom is -0.371 e. The number of rotatable bonds is 10. The molecule has 1 aromatic carbocycles. The molecule has 0 radical (unpaired) electrons. The largest absolute Gasteiger partial charge is 0.371 e. The lowest BCUT2D eigenvalue weighted by atomic mass is 10.1. The predicted molar refractivity (Wildman–Crippen MR) is 103 cm³/mol. The van der Waals surface area contributed by atoms with Crippen LogP contribution in [0.15, 0.2) is 42.6 Å². The first-order valence-electron chi connectivity index (χ1n) is 8.51. The Kier molecular flexibility index (Phi) is 8.83. The Morgan fingerprint density at radius 2 is 1.79 bits per heavy atom. The lowest BCUT2D eigenvalue weighted by Crippen LogP contribution is -2.45. The lowest BCUT2D eigenvalue weighted by molar-refractivity contribution is -0.140. The number of hydrogen-bond acceptors (Lipinski definition) is 5. The smallest absolute Gasteiger partial charge is 0.267 e. The summed E-state index contributed by atoms with van der Waals surface area (Å²) in [5.74, 6) is -2.30. The maximum absolute atomic E-state index is 12.6. The SMILES string of the molecule is C=C(C(=O)NCC(=O)N(C)CC(N)=O)N(C)C(=O)[C@@H](Cc1ccccc1)OC. The first kappa shape index (κ1) is 22.8. The van der Waals surface area contributed by atoms with Crippen LogP contribution in [0.25, 0.3) is 0 Å². The van der Waals surface area contributed by atoms with Crippen molar-refractivity contribution in [1.29, 1.82) is 0 Å². The highest BCUT2D eigenvalue weighted by atomic mass is 16.5. The molecular weight excluding hydrogens is 364 g/mol. The quantitative estimate of drug-likeness (QED) is 0.511. The summed E-state index contributed by atoms with van der Waals surface area (Å²) < 4.78 is 5.27. The highest BCUT2D eigenvalue weighted by Crippen LogP contribution is 2.10. The fourth-order valence-electron chi connectivity index (χ4n) is 2.32. The van der Waals surface area contributed by atoms with Crippen LogP contribution < -0.4 is 11.1 Å². The summed E-state index contributed by atoms with van der Waals surface area (Å²) in [6.45, 7) is 2.99. The summed E-state index contributed by atoms with van der Waals surface area (Å²) >= 11 is 0. The van der Waals surface area contributed by atoms with Gasteiger partial charge in [-0.05, 0) is 5.56 Å². The van der Waals surface area contributed by atoms with Crippen LogP contribution in [0.4, 0.5) is 0 Å². The second kappa shape index (κ2) is 10.8. The number of primary amides is 1. The third-order valence-electron chi connectivity index (χ3n) is 4.04. The van der Waals surface area contributed by atoms with Gasteiger partial charge in [0.1, 0.15) is 11.8 Å². The molecule has 0 bridgehead atoms. The number of carbonyl (C=O) groups is 4. The monoisotopic (exact) mass is 390 g/mol. The lowest BCUT2D eigenvalue weighted by Gasteiger charge is -2.24. The number of methoxy groups -OCH3 is 1. The highest BCUT2D eigenvalue weighted by Gasteiger charge is 2.26. The fourth-order valence-corrected chi connectivity index (χ4v) is 2.32. The maximum Gasteiger partial charge on any atom is 0.267 e. The zero-order valence-electron chi connectivity index (χ0n) is 16.3. The minimum absolute atomic E-state index is 0.134. The molecule has 0 heterocycles. The van der Waals surface area contributed by atoms with Crippen molar-refractivity contribution in [2.75, 3.05) is 34.3 Å². The average molecular weight is 390 g/mol. The molecule has 0 spiro atoms. The minimum atomic E-state index is -0.791. The van der Waals surface area contributed by atoms with Gasteiger partial charge in [-0.25, -0.2) is 0 Å². The molecule has 0 fully saturated rings. The van der Waals surface area contributed by atoms with Gasteiger partial charge in [-0.15, -0.1) is 0 Å². The van der Waals surface area contributed by atoms with E-state index in [0.29, 0.717) is 6.42 Å². The topological polar surface area (TPSA) is 122 Å². The van der Waals surface area contributed by atoms with E-state index in [9.17, 15) is 19.2 Å². The van der Waals surface area contributed by atoms with Crippen LogP contribution in [0.5, 0.6) is 0 Å². The summed E-state index contributed by atoms with van der Waals surface area (Å²) in [6.07, 6.45) is -0.452. The summed E-state index contributed by atoms with van der Waals surface area (Å²) in [4.78, 5) is 49.7. The van der Waals surface area contributed by atoms with Crippen molar-refractivity contribution in [3.63, 3.8) is 0 Å². The van der Waals surface area contributed by atoms with Crippen LogP contribution in [-0.2, 0) is 30.3 Å². The molecule has 152 valence electrons. The molecule has 1 rings (SSSR count). The van der Waals surface area contributed by atoms with Gasteiger partial charge in [0.25, 0.3) is 11.8 Å². The summed E-state index contributed by atoms with van der Waals surface area (Å²) in [7, 11) is 4.20. The van der Waals surface area contributed by atoms with Crippen LogP contribution >= 0.6 is 0 Å². The maximum atomic E-state index is 12.6. The summed E-state index contributed by atoms with van der Waals surface area (Å²) in [6, 6.07) is 9.32. The van der Waals surface area contributed by atoms with E-state index in [4.69, 9.17) is 10.5 Å². The van der Waals surface area contributed by atoms with Crippen LogP contribution in [0.2, 0.25) is 0 Å². The Morgan fingerprint density at radius 1 is 1.18 bits per heavy atom. The van der Waals surface area contributed by atoms with Crippen molar-refractivity contribution in [3.8, 4) is 0 Å². The number of carbonyl (C=O) groups excluding carboxylic acids is 4. The fraction of sp³-hybridized carbons (Fsp3) is 0.368. The van der Waals surface area contributed by atoms with Gasteiger partial charge in [0.15, 0.2) is 0 Å². The highest BCUT2D eigenvalue weighted by molar-refractivity contribution is 5.99. The van der Waals surface area contributed by atoms with Gasteiger partial charge in [0.05, 0.1) is 13.1 Å². The van der Waals surface area contributed by atoms with E-state index in [0.717, 1.165) is 15.4 Å². The molecule has 0 saturated heterocycles. The number of ether oxygens (including phenoxy) is 1. The van der Waals surface area contributed by atoms with Crippen LogP contribution in [-0.4, -0.2) is 73.8 Å². The summed E-state index contributed by atoms with van der Waals surface area (Å²) in [5.41, 5.74) is 5.79. The van der Waals surface area contributed by atoms with Gasteiger partial charge in [0, 0.05) is 27.6 Å². The van der Waals surface area contributed by atoms with Crippen LogP contribution in [0, 0.1) is 0 Å². The summed E-state index contributed by atoms with van der Waals surface area (Å²) in [5, 5.41) is 2.36. The number of likely N-dealkylation sites (N-methyl/N-ethyl adjacent to an activating group) is 2. The second-order valence-corrected chi connectivity index (χ2v) is 6.16. The van der Waals surface area contributed by atoms with E-state index in [2.05, 4.69) is 11.9 Å². The van der Waals surface area contributed by atoms with Crippen LogP contribution in [0.1, 0.15) is 5.56 Å². The molecule has 0 unspecified atom stereocenters. The van der Waals surface area contributed by atoms with Gasteiger partial charge < -0.3 is 25.6 Å². The van der Waals surface area contributed by atoms with Gasteiger partial charge >= 0.3 is 0 Å². The normalized spacial score (nSPS) is 11.2. The molecule has 1 atom stereocenters. The van der Waals surface area contributed by atoms with Crippen molar-refractivity contribution in [2.24, 2.45) is 5.73 Å². The second-order valence-electron chi connectivity index (χ2n) is 6.16.